The Morgan fingerprint density at radius 1 is 1.17 bits per heavy atom. The zero-order valence-electron chi connectivity index (χ0n) is 15.6. The molecule has 0 spiro atoms. The number of H-pyrrole nitrogens is 1. The molecular weight excluding hydrogens is 374 g/mol. The minimum atomic E-state index is -0.782. The molecule has 0 aliphatic carbocycles. The average Bonchev–Trinajstić information content (AvgIpc) is 2.74. The number of amides is 1. The molecule has 9 nitrogen and oxygen atoms in total. The highest BCUT2D eigenvalue weighted by Gasteiger charge is 2.19. The Bertz CT molecular complexity index is 1150. The fourth-order valence-electron chi connectivity index (χ4n) is 2.73. The molecular formula is C20H19N5O4. The molecule has 0 saturated carbocycles. The molecule has 0 radical (unpaired) electrons. The standard InChI is InChI=1S/C20H19N5O4/c1-2-15(23-24-17(26)14-8-10-21-11-9-14)16-18(27)22-20(29)25(19(16)28)12-13-6-4-3-5-7-13/h3-11,28H,2,12H2,1H3,(H,24,26)(H,22,27,29). The van der Waals surface area contributed by atoms with E-state index < -0.39 is 23.0 Å². The Morgan fingerprint density at radius 2 is 1.86 bits per heavy atom. The summed E-state index contributed by atoms with van der Waals surface area (Å²) in [5, 5.41) is 14.6. The van der Waals surface area contributed by atoms with Crippen molar-refractivity contribution < 1.29 is 9.90 Å². The number of nitrogens with zero attached hydrogens (tertiary/aromatic N) is 3. The summed E-state index contributed by atoms with van der Waals surface area (Å²) in [6, 6.07) is 12.1. The summed E-state index contributed by atoms with van der Waals surface area (Å²) in [5.74, 6) is -1.01. The molecule has 0 atom stereocenters. The number of carbonyl (C=O) groups is 1. The molecule has 0 fully saturated rings. The minimum absolute atomic E-state index is 0.0651. The first-order valence-corrected chi connectivity index (χ1v) is 8.88. The summed E-state index contributed by atoms with van der Waals surface area (Å²) in [7, 11) is 0. The highest BCUT2D eigenvalue weighted by molar-refractivity contribution is 6.03. The topological polar surface area (TPSA) is 129 Å². The molecule has 2 heterocycles. The second kappa shape index (κ2) is 8.79. The summed E-state index contributed by atoms with van der Waals surface area (Å²) < 4.78 is 1.04. The van der Waals surface area contributed by atoms with E-state index in [0.29, 0.717) is 5.56 Å². The molecule has 1 amide bonds. The fourth-order valence-corrected chi connectivity index (χ4v) is 2.73. The van der Waals surface area contributed by atoms with E-state index in [1.807, 2.05) is 6.07 Å². The summed E-state index contributed by atoms with van der Waals surface area (Å²) in [5.41, 5.74) is 1.91. The van der Waals surface area contributed by atoms with Crippen LogP contribution in [-0.4, -0.2) is 31.3 Å². The number of benzene rings is 1. The molecule has 0 bridgehead atoms. The molecule has 0 unspecified atom stereocenters. The number of nitrogens with one attached hydrogen (secondary N) is 2. The van der Waals surface area contributed by atoms with Gasteiger partial charge in [-0.2, -0.15) is 5.10 Å². The number of carbonyl (C=O) groups excluding carboxylic acids is 1. The number of aromatic nitrogens is 3. The van der Waals surface area contributed by atoms with Gasteiger partial charge < -0.3 is 5.11 Å². The quantitative estimate of drug-likeness (QED) is 0.428. The van der Waals surface area contributed by atoms with Crippen molar-refractivity contribution in [3.05, 3.63) is 92.4 Å². The van der Waals surface area contributed by atoms with Crippen molar-refractivity contribution in [2.75, 3.05) is 0 Å². The Balaban J connectivity index is 1.97. The van der Waals surface area contributed by atoms with Gasteiger partial charge in [-0.1, -0.05) is 37.3 Å². The summed E-state index contributed by atoms with van der Waals surface area (Å²) in [6.45, 7) is 1.78. The van der Waals surface area contributed by atoms with Gasteiger partial charge in [0.1, 0.15) is 5.56 Å². The van der Waals surface area contributed by atoms with Crippen molar-refractivity contribution in [1.82, 2.24) is 20.0 Å². The first-order chi connectivity index (χ1) is 14.0. The largest absolute Gasteiger partial charge is 0.494 e. The van der Waals surface area contributed by atoms with Crippen LogP contribution in [0.3, 0.4) is 0 Å². The third-order valence-electron chi connectivity index (χ3n) is 4.21. The number of pyridine rings is 1. The van der Waals surface area contributed by atoms with Gasteiger partial charge in [-0.3, -0.25) is 24.1 Å². The lowest BCUT2D eigenvalue weighted by atomic mass is 10.1. The molecule has 1 aromatic carbocycles. The van der Waals surface area contributed by atoms with E-state index in [-0.39, 0.29) is 24.2 Å². The number of aromatic amines is 1. The van der Waals surface area contributed by atoms with E-state index in [1.54, 1.807) is 31.2 Å². The maximum Gasteiger partial charge on any atom is 0.331 e. The molecule has 29 heavy (non-hydrogen) atoms. The third-order valence-corrected chi connectivity index (χ3v) is 4.21. The maximum atomic E-state index is 12.3. The van der Waals surface area contributed by atoms with Crippen LogP contribution in [-0.2, 0) is 6.54 Å². The van der Waals surface area contributed by atoms with Crippen LogP contribution in [0.1, 0.15) is 34.8 Å². The predicted molar refractivity (Wildman–Crippen MR) is 107 cm³/mol. The Kier molecular flexibility index (Phi) is 5.98. The van der Waals surface area contributed by atoms with Gasteiger partial charge in [0.2, 0.25) is 5.88 Å². The minimum Gasteiger partial charge on any atom is -0.494 e. The van der Waals surface area contributed by atoms with Crippen LogP contribution in [0.4, 0.5) is 0 Å². The van der Waals surface area contributed by atoms with Crippen molar-refractivity contribution in [3.8, 4) is 5.88 Å². The van der Waals surface area contributed by atoms with Gasteiger partial charge in [0, 0.05) is 18.0 Å². The monoisotopic (exact) mass is 393 g/mol. The van der Waals surface area contributed by atoms with Gasteiger partial charge >= 0.3 is 5.69 Å². The van der Waals surface area contributed by atoms with Gasteiger partial charge in [0.15, 0.2) is 0 Å². The number of hydrazone groups is 1. The smallest absolute Gasteiger partial charge is 0.331 e. The fraction of sp³-hybridized carbons (Fsp3) is 0.150. The number of hydrogen-bond acceptors (Lipinski definition) is 6. The molecule has 0 aliphatic heterocycles. The Hall–Kier alpha value is -4.01. The van der Waals surface area contributed by atoms with Crippen molar-refractivity contribution in [1.29, 1.82) is 0 Å². The van der Waals surface area contributed by atoms with Crippen LogP contribution in [0, 0.1) is 0 Å². The van der Waals surface area contributed by atoms with Crippen molar-refractivity contribution in [2.45, 2.75) is 19.9 Å². The van der Waals surface area contributed by atoms with Crippen LogP contribution in [0.5, 0.6) is 5.88 Å². The summed E-state index contributed by atoms with van der Waals surface area (Å²) in [6.07, 6.45) is 3.17. The zero-order valence-corrected chi connectivity index (χ0v) is 15.6. The normalized spacial score (nSPS) is 11.3. The zero-order chi connectivity index (χ0) is 20.8. The van der Waals surface area contributed by atoms with E-state index in [1.165, 1.54) is 24.5 Å². The lowest BCUT2D eigenvalue weighted by Gasteiger charge is -2.12. The van der Waals surface area contributed by atoms with Crippen molar-refractivity contribution >= 4 is 11.6 Å². The molecule has 3 N–H and O–H groups in total. The maximum absolute atomic E-state index is 12.3. The highest BCUT2D eigenvalue weighted by Crippen LogP contribution is 2.15. The second-order valence-corrected chi connectivity index (χ2v) is 6.12. The van der Waals surface area contributed by atoms with E-state index in [9.17, 15) is 19.5 Å². The van der Waals surface area contributed by atoms with Crippen LogP contribution >= 0.6 is 0 Å². The Labute approximate surface area is 165 Å². The number of aromatic hydroxyl groups is 1. The second-order valence-electron chi connectivity index (χ2n) is 6.12. The molecule has 0 saturated heterocycles. The highest BCUT2D eigenvalue weighted by atomic mass is 16.3. The van der Waals surface area contributed by atoms with E-state index in [4.69, 9.17) is 0 Å². The lowest BCUT2D eigenvalue weighted by molar-refractivity contribution is 0.0954. The van der Waals surface area contributed by atoms with E-state index in [0.717, 1.165) is 10.1 Å². The van der Waals surface area contributed by atoms with Gasteiger partial charge in [-0.05, 0) is 24.1 Å². The average molecular weight is 393 g/mol. The molecule has 0 aliphatic rings. The molecule has 148 valence electrons. The third kappa shape index (κ3) is 4.46. The number of rotatable bonds is 6. The van der Waals surface area contributed by atoms with Gasteiger partial charge in [-0.25, -0.2) is 10.2 Å². The molecule has 3 rings (SSSR count). The van der Waals surface area contributed by atoms with Gasteiger partial charge in [-0.15, -0.1) is 0 Å². The van der Waals surface area contributed by atoms with Crippen LogP contribution < -0.4 is 16.7 Å². The predicted octanol–water partition coefficient (Wildman–Crippen LogP) is 1.23. The van der Waals surface area contributed by atoms with Crippen molar-refractivity contribution in [3.63, 3.8) is 0 Å². The SMILES string of the molecule is CCC(=NNC(=O)c1ccncc1)c1c(O)n(Cc2ccccc2)c(=O)[nH]c1=O. The van der Waals surface area contributed by atoms with Crippen molar-refractivity contribution in [2.24, 2.45) is 5.10 Å². The lowest BCUT2D eigenvalue weighted by Crippen LogP contribution is -2.34. The summed E-state index contributed by atoms with van der Waals surface area (Å²) in [4.78, 5) is 42.8. The Morgan fingerprint density at radius 3 is 2.52 bits per heavy atom. The molecule has 9 heteroatoms. The number of hydrogen-bond donors (Lipinski definition) is 3. The van der Waals surface area contributed by atoms with Crippen LogP contribution in [0.2, 0.25) is 0 Å². The van der Waals surface area contributed by atoms with Crippen LogP contribution in [0.25, 0.3) is 0 Å². The molecule has 3 aromatic rings. The van der Waals surface area contributed by atoms with Gasteiger partial charge in [0.05, 0.1) is 12.3 Å². The van der Waals surface area contributed by atoms with E-state index in [2.05, 4.69) is 20.5 Å². The first-order valence-electron chi connectivity index (χ1n) is 8.88. The molecule has 2 aromatic heterocycles. The van der Waals surface area contributed by atoms with E-state index >= 15 is 0 Å². The summed E-state index contributed by atoms with van der Waals surface area (Å²) >= 11 is 0. The van der Waals surface area contributed by atoms with Gasteiger partial charge in [0.25, 0.3) is 11.5 Å². The van der Waals surface area contributed by atoms with Crippen LogP contribution in [0.15, 0.2) is 69.5 Å². The first kappa shape index (κ1) is 19.7.